The Balaban J connectivity index is 1.86. The van der Waals surface area contributed by atoms with Crippen molar-refractivity contribution in [2.75, 3.05) is 11.1 Å². The second-order valence-electron chi connectivity index (χ2n) is 4.55. The first-order valence-electron chi connectivity index (χ1n) is 6.34. The highest BCUT2D eigenvalue weighted by Crippen LogP contribution is 2.34. The Bertz CT molecular complexity index is 725. The number of halogens is 1. The molecule has 0 spiro atoms. The molecule has 1 N–H and O–H groups in total. The fourth-order valence-corrected chi connectivity index (χ4v) is 3.25. The molecule has 0 fully saturated rings. The number of hydrogen-bond donors (Lipinski definition) is 1. The van der Waals surface area contributed by atoms with Gasteiger partial charge in [0.05, 0.1) is 0 Å². The van der Waals surface area contributed by atoms with Crippen molar-refractivity contribution in [3.05, 3.63) is 64.7 Å². The van der Waals surface area contributed by atoms with E-state index in [4.69, 9.17) is 11.6 Å². The fraction of sp³-hybridized carbons (Fsp3) is 0.0625. The number of hydrogen-bond acceptors (Lipinski definition) is 3. The van der Waals surface area contributed by atoms with E-state index >= 15 is 0 Å². The third-order valence-electron chi connectivity index (χ3n) is 3.15. The van der Waals surface area contributed by atoms with E-state index in [0.29, 0.717) is 22.0 Å². The highest BCUT2D eigenvalue weighted by molar-refractivity contribution is 7.99. The molecular formula is C16H11ClNO2S-. The van der Waals surface area contributed by atoms with Crippen molar-refractivity contribution < 1.29 is 9.90 Å². The highest BCUT2D eigenvalue weighted by atomic mass is 35.5. The normalized spacial score (nSPS) is 13.8. The summed E-state index contributed by atoms with van der Waals surface area (Å²) >= 11 is 7.30. The summed E-state index contributed by atoms with van der Waals surface area (Å²) in [6.07, 6.45) is 0. The first-order chi connectivity index (χ1) is 10.1. The second-order valence-corrected chi connectivity index (χ2v) is 6.01. The van der Waals surface area contributed by atoms with Gasteiger partial charge in [0.25, 0.3) is 5.91 Å². The summed E-state index contributed by atoms with van der Waals surface area (Å²) in [5, 5.41) is 15.7. The van der Waals surface area contributed by atoms with Crippen LogP contribution in [-0.2, 0) is 4.79 Å². The molecule has 2 aromatic carbocycles. The van der Waals surface area contributed by atoms with Gasteiger partial charge in [-0.3, -0.25) is 4.79 Å². The summed E-state index contributed by atoms with van der Waals surface area (Å²) < 4.78 is 0. The van der Waals surface area contributed by atoms with Crippen molar-refractivity contribution in [2.24, 2.45) is 0 Å². The molecule has 0 radical (unpaired) electrons. The molecule has 0 saturated heterocycles. The fourth-order valence-electron chi connectivity index (χ4n) is 2.07. The number of carbonyl (C=O) groups excluding carboxylic acids is 1. The number of nitrogens with one attached hydrogen (secondary N) is 1. The zero-order valence-electron chi connectivity index (χ0n) is 10.9. The first-order valence-corrected chi connectivity index (χ1v) is 7.71. The van der Waals surface area contributed by atoms with Crippen LogP contribution >= 0.6 is 23.4 Å². The van der Waals surface area contributed by atoms with E-state index in [1.807, 2.05) is 12.1 Å². The molecule has 0 aromatic heterocycles. The molecule has 1 aliphatic rings. The van der Waals surface area contributed by atoms with Gasteiger partial charge in [-0.05, 0) is 35.9 Å². The van der Waals surface area contributed by atoms with E-state index in [0.717, 1.165) is 4.90 Å². The third kappa shape index (κ3) is 2.91. The van der Waals surface area contributed by atoms with Crippen LogP contribution in [0.2, 0.25) is 5.02 Å². The van der Waals surface area contributed by atoms with Crippen molar-refractivity contribution >= 4 is 40.7 Å². The molecule has 3 nitrogen and oxygen atoms in total. The molecule has 0 saturated carbocycles. The zero-order chi connectivity index (χ0) is 14.8. The Morgan fingerprint density at radius 3 is 2.62 bits per heavy atom. The molecule has 0 unspecified atom stereocenters. The maximum Gasteiger partial charge on any atom is 0.251 e. The summed E-state index contributed by atoms with van der Waals surface area (Å²) in [6, 6.07) is 14.1. The molecule has 0 bridgehead atoms. The summed E-state index contributed by atoms with van der Waals surface area (Å²) in [5.41, 5.74) is 1.48. The van der Waals surface area contributed by atoms with Gasteiger partial charge in [0, 0.05) is 26.9 Å². The molecule has 1 heterocycles. The quantitative estimate of drug-likeness (QED) is 0.926. The molecule has 3 rings (SSSR count). The molecule has 1 aliphatic heterocycles. The maximum absolute atomic E-state index is 12.4. The van der Waals surface area contributed by atoms with E-state index in [1.165, 1.54) is 11.8 Å². The number of rotatable bonds is 2. The summed E-state index contributed by atoms with van der Waals surface area (Å²) in [5.74, 6) is -0.171. The zero-order valence-corrected chi connectivity index (χ0v) is 12.5. The van der Waals surface area contributed by atoms with E-state index in [9.17, 15) is 9.90 Å². The maximum atomic E-state index is 12.4. The van der Waals surface area contributed by atoms with Gasteiger partial charge >= 0.3 is 0 Å². The Morgan fingerprint density at radius 2 is 1.86 bits per heavy atom. The summed E-state index contributed by atoms with van der Waals surface area (Å²) in [4.78, 5) is 13.2. The lowest BCUT2D eigenvalue weighted by Crippen LogP contribution is -2.23. The van der Waals surface area contributed by atoms with E-state index in [-0.39, 0.29) is 17.2 Å². The lowest BCUT2D eigenvalue weighted by atomic mass is 10.1. The SMILES string of the molecule is O=C(Nc1ccc(Cl)cc1)C1=C([O-])c2ccccc2SC1. The van der Waals surface area contributed by atoms with Gasteiger partial charge in [-0.15, -0.1) is 11.8 Å². The van der Waals surface area contributed by atoms with Gasteiger partial charge in [0.1, 0.15) is 0 Å². The monoisotopic (exact) mass is 316 g/mol. The predicted octanol–water partition coefficient (Wildman–Crippen LogP) is 3.16. The van der Waals surface area contributed by atoms with Crippen LogP contribution in [0.15, 0.2) is 59.0 Å². The van der Waals surface area contributed by atoms with Crippen LogP contribution in [0, 0.1) is 0 Å². The largest absolute Gasteiger partial charge is 0.872 e. The molecular weight excluding hydrogens is 306 g/mol. The van der Waals surface area contributed by atoms with Crippen LogP contribution in [0.1, 0.15) is 5.56 Å². The van der Waals surface area contributed by atoms with Crippen LogP contribution in [0.5, 0.6) is 0 Å². The number of fused-ring (bicyclic) bond motifs is 1. The highest BCUT2D eigenvalue weighted by Gasteiger charge is 2.18. The Hall–Kier alpha value is -1.91. The van der Waals surface area contributed by atoms with Gasteiger partial charge < -0.3 is 10.4 Å². The minimum atomic E-state index is -0.357. The van der Waals surface area contributed by atoms with Gasteiger partial charge in [0.15, 0.2) is 0 Å². The Morgan fingerprint density at radius 1 is 1.14 bits per heavy atom. The van der Waals surface area contributed by atoms with Crippen molar-refractivity contribution in [3.63, 3.8) is 0 Å². The van der Waals surface area contributed by atoms with Crippen molar-refractivity contribution in [3.8, 4) is 0 Å². The molecule has 106 valence electrons. The van der Waals surface area contributed by atoms with Crippen LogP contribution in [0.4, 0.5) is 5.69 Å². The molecule has 0 atom stereocenters. The second kappa shape index (κ2) is 5.84. The Labute approximate surface area is 131 Å². The van der Waals surface area contributed by atoms with Crippen molar-refractivity contribution in [1.29, 1.82) is 0 Å². The van der Waals surface area contributed by atoms with Gasteiger partial charge in [-0.1, -0.05) is 35.6 Å². The van der Waals surface area contributed by atoms with Crippen LogP contribution in [0.3, 0.4) is 0 Å². The lowest BCUT2D eigenvalue weighted by Gasteiger charge is -2.26. The number of anilines is 1. The van der Waals surface area contributed by atoms with E-state index in [1.54, 1.807) is 36.4 Å². The molecule has 5 heteroatoms. The Kier molecular flexibility index (Phi) is 3.90. The van der Waals surface area contributed by atoms with E-state index in [2.05, 4.69) is 5.32 Å². The average molecular weight is 317 g/mol. The smallest absolute Gasteiger partial charge is 0.251 e. The number of thioether (sulfide) groups is 1. The van der Waals surface area contributed by atoms with Gasteiger partial charge in [-0.2, -0.15) is 0 Å². The van der Waals surface area contributed by atoms with Gasteiger partial charge in [0.2, 0.25) is 0 Å². The first kappa shape index (κ1) is 14.0. The predicted molar refractivity (Wildman–Crippen MR) is 84.2 cm³/mol. The minimum absolute atomic E-state index is 0.198. The molecule has 2 aromatic rings. The number of benzene rings is 2. The number of carbonyl (C=O) groups is 1. The van der Waals surface area contributed by atoms with Gasteiger partial charge in [-0.25, -0.2) is 0 Å². The average Bonchev–Trinajstić information content (AvgIpc) is 2.50. The molecule has 21 heavy (non-hydrogen) atoms. The lowest BCUT2D eigenvalue weighted by molar-refractivity contribution is -0.245. The van der Waals surface area contributed by atoms with Crippen LogP contribution in [-0.4, -0.2) is 11.7 Å². The molecule has 0 aliphatic carbocycles. The van der Waals surface area contributed by atoms with Crippen molar-refractivity contribution in [1.82, 2.24) is 0 Å². The van der Waals surface area contributed by atoms with Crippen molar-refractivity contribution in [2.45, 2.75) is 4.90 Å². The number of amides is 1. The standard InChI is InChI=1S/C16H12ClNO2S/c17-10-5-7-11(8-6-10)18-16(20)13-9-21-14-4-2-1-3-12(14)15(13)19/h1-8,19H,9H2,(H,18,20)/p-1. The minimum Gasteiger partial charge on any atom is -0.872 e. The van der Waals surface area contributed by atoms with Crippen LogP contribution < -0.4 is 10.4 Å². The summed E-state index contributed by atoms with van der Waals surface area (Å²) in [7, 11) is 0. The molecule has 1 amide bonds. The summed E-state index contributed by atoms with van der Waals surface area (Å²) in [6.45, 7) is 0. The third-order valence-corrected chi connectivity index (χ3v) is 4.51. The van der Waals surface area contributed by atoms with E-state index < -0.39 is 0 Å². The topological polar surface area (TPSA) is 52.2 Å². The van der Waals surface area contributed by atoms with Crippen LogP contribution in [0.25, 0.3) is 5.76 Å².